The fourth-order valence-electron chi connectivity index (χ4n) is 1.78. The third kappa shape index (κ3) is 14.0. The van der Waals surface area contributed by atoms with Crippen molar-refractivity contribution in [3.63, 3.8) is 0 Å². The first-order valence-corrected chi connectivity index (χ1v) is 7.81. The van der Waals surface area contributed by atoms with Crippen molar-refractivity contribution in [2.24, 2.45) is 0 Å². The van der Waals surface area contributed by atoms with E-state index in [1.807, 2.05) is 0 Å². The Kier molecular flexibility index (Phi) is 15.9. The molecule has 0 aliphatic rings. The van der Waals surface area contributed by atoms with E-state index in [9.17, 15) is 15.3 Å². The first kappa shape index (κ1) is 23.6. The molecule has 0 saturated carbocycles. The number of aliphatic hydroxyl groups is 3. The minimum absolute atomic E-state index is 0.0620. The summed E-state index contributed by atoms with van der Waals surface area (Å²) in [7, 11) is 4.47. The molecule has 9 nitrogen and oxygen atoms in total. The third-order valence-corrected chi connectivity index (χ3v) is 2.83. The number of aliphatic hydroxyl groups excluding tert-OH is 3. The molecule has 0 aliphatic carbocycles. The van der Waals surface area contributed by atoms with Crippen LogP contribution in [0.15, 0.2) is 0 Å². The molecule has 0 aromatic heterocycles. The summed E-state index contributed by atoms with van der Waals surface area (Å²) in [6, 6.07) is 0. The summed E-state index contributed by atoms with van der Waals surface area (Å²) in [5.74, 6) is 0. The van der Waals surface area contributed by atoms with E-state index in [1.54, 1.807) is 0 Å². The lowest BCUT2D eigenvalue weighted by atomic mass is 10.3. The topological polar surface area (TPSA) is 116 Å². The van der Waals surface area contributed by atoms with Crippen molar-refractivity contribution >= 4 is 0 Å². The minimum atomic E-state index is -0.754. The smallest absolute Gasteiger partial charge is 0.104 e. The molecule has 3 N–H and O–H groups in total. The average Bonchev–Trinajstić information content (AvgIpc) is 2.53. The zero-order valence-corrected chi connectivity index (χ0v) is 14.8. The molecule has 0 fully saturated rings. The summed E-state index contributed by atoms with van der Waals surface area (Å²) in [6.45, 7) is 1.11. The molecule has 146 valence electrons. The second-order valence-electron chi connectivity index (χ2n) is 5.36. The van der Waals surface area contributed by atoms with Crippen LogP contribution in [0.25, 0.3) is 0 Å². The Morgan fingerprint density at radius 1 is 0.542 bits per heavy atom. The van der Waals surface area contributed by atoms with Gasteiger partial charge in [0.2, 0.25) is 0 Å². The lowest BCUT2D eigenvalue weighted by Crippen LogP contribution is -2.34. The van der Waals surface area contributed by atoms with Crippen LogP contribution in [-0.4, -0.2) is 114 Å². The summed E-state index contributed by atoms with van der Waals surface area (Å²) in [6.07, 6.45) is -2.66. The van der Waals surface area contributed by atoms with E-state index in [4.69, 9.17) is 28.4 Å². The number of hydrogen-bond acceptors (Lipinski definition) is 9. The monoisotopic (exact) mass is 356 g/mol. The molecule has 0 saturated heterocycles. The Labute approximate surface area is 143 Å². The highest BCUT2D eigenvalue weighted by Gasteiger charge is 2.15. The first-order chi connectivity index (χ1) is 11.5. The lowest BCUT2D eigenvalue weighted by Gasteiger charge is -2.21. The molecule has 0 bridgehead atoms. The fraction of sp³-hybridized carbons (Fsp3) is 1.00. The SMILES string of the molecule is COCC(O)COCC(COCC(O)COC)OCC(O)COC. The Balaban J connectivity index is 4.12. The Bertz CT molecular complexity index is 249. The van der Waals surface area contributed by atoms with E-state index in [0.29, 0.717) is 0 Å². The van der Waals surface area contributed by atoms with Gasteiger partial charge in [-0.25, -0.2) is 0 Å². The molecule has 0 spiro atoms. The van der Waals surface area contributed by atoms with E-state index < -0.39 is 24.4 Å². The maximum atomic E-state index is 9.62. The van der Waals surface area contributed by atoms with E-state index in [-0.39, 0.29) is 52.9 Å². The van der Waals surface area contributed by atoms with Crippen LogP contribution in [0.4, 0.5) is 0 Å². The van der Waals surface area contributed by atoms with Crippen molar-refractivity contribution in [3.8, 4) is 0 Å². The molecule has 0 amide bonds. The average molecular weight is 356 g/mol. The number of rotatable bonds is 17. The quantitative estimate of drug-likeness (QED) is 0.284. The van der Waals surface area contributed by atoms with Crippen LogP contribution < -0.4 is 0 Å². The maximum absolute atomic E-state index is 9.62. The van der Waals surface area contributed by atoms with E-state index >= 15 is 0 Å². The van der Waals surface area contributed by atoms with Gasteiger partial charge in [0.15, 0.2) is 0 Å². The largest absolute Gasteiger partial charge is 0.388 e. The van der Waals surface area contributed by atoms with E-state index in [2.05, 4.69) is 0 Å². The molecular weight excluding hydrogens is 324 g/mol. The molecule has 0 radical (unpaired) electrons. The van der Waals surface area contributed by atoms with Gasteiger partial charge in [0, 0.05) is 21.3 Å². The Hall–Kier alpha value is -0.360. The predicted octanol–water partition coefficient (Wildman–Crippen LogP) is -1.57. The second-order valence-corrected chi connectivity index (χ2v) is 5.36. The lowest BCUT2D eigenvalue weighted by molar-refractivity contribution is -0.108. The van der Waals surface area contributed by atoms with Gasteiger partial charge < -0.3 is 43.7 Å². The Morgan fingerprint density at radius 2 is 0.917 bits per heavy atom. The van der Waals surface area contributed by atoms with Crippen LogP contribution in [-0.2, 0) is 28.4 Å². The molecule has 0 aromatic rings. The summed E-state index contributed by atoms with van der Waals surface area (Å²) in [5, 5.41) is 28.7. The Morgan fingerprint density at radius 3 is 1.29 bits per heavy atom. The predicted molar refractivity (Wildman–Crippen MR) is 85.0 cm³/mol. The molecule has 0 heterocycles. The van der Waals surface area contributed by atoms with Gasteiger partial charge in [-0.1, -0.05) is 0 Å². The summed E-state index contributed by atoms with van der Waals surface area (Å²) < 4.78 is 30.7. The third-order valence-electron chi connectivity index (χ3n) is 2.83. The second kappa shape index (κ2) is 16.1. The minimum Gasteiger partial charge on any atom is -0.388 e. The van der Waals surface area contributed by atoms with Crippen LogP contribution in [0, 0.1) is 0 Å². The zero-order valence-electron chi connectivity index (χ0n) is 14.8. The van der Waals surface area contributed by atoms with Crippen molar-refractivity contribution in [2.45, 2.75) is 24.4 Å². The van der Waals surface area contributed by atoms with E-state index in [1.165, 1.54) is 21.3 Å². The van der Waals surface area contributed by atoms with Crippen molar-refractivity contribution in [1.82, 2.24) is 0 Å². The van der Waals surface area contributed by atoms with Crippen molar-refractivity contribution < 1.29 is 43.7 Å². The summed E-state index contributed by atoms with van der Waals surface area (Å²) >= 11 is 0. The maximum Gasteiger partial charge on any atom is 0.104 e. The highest BCUT2D eigenvalue weighted by molar-refractivity contribution is 4.61. The fourth-order valence-corrected chi connectivity index (χ4v) is 1.78. The highest BCUT2D eigenvalue weighted by atomic mass is 16.6. The van der Waals surface area contributed by atoms with Crippen LogP contribution in [0.2, 0.25) is 0 Å². The normalized spacial score (nSPS) is 16.8. The van der Waals surface area contributed by atoms with E-state index in [0.717, 1.165) is 0 Å². The van der Waals surface area contributed by atoms with Gasteiger partial charge in [-0.2, -0.15) is 0 Å². The molecule has 0 aromatic carbocycles. The van der Waals surface area contributed by atoms with Crippen LogP contribution in [0.1, 0.15) is 0 Å². The van der Waals surface area contributed by atoms with Crippen LogP contribution in [0.5, 0.6) is 0 Å². The first-order valence-electron chi connectivity index (χ1n) is 7.81. The van der Waals surface area contributed by atoms with Crippen molar-refractivity contribution in [1.29, 1.82) is 0 Å². The van der Waals surface area contributed by atoms with Gasteiger partial charge in [-0.3, -0.25) is 0 Å². The molecule has 3 unspecified atom stereocenters. The standard InChI is InChI=1S/C15H32O9/c1-19-4-12(16)7-22-10-15(24-9-14(18)6-21-3)11-23-8-13(17)5-20-2/h12-18H,4-11H2,1-3H3. The van der Waals surface area contributed by atoms with Crippen molar-refractivity contribution in [2.75, 3.05) is 74.2 Å². The number of hydrogen-bond donors (Lipinski definition) is 3. The van der Waals surface area contributed by atoms with Gasteiger partial charge >= 0.3 is 0 Å². The molecule has 3 atom stereocenters. The van der Waals surface area contributed by atoms with Gasteiger partial charge in [0.1, 0.15) is 24.4 Å². The molecule has 0 rings (SSSR count). The van der Waals surface area contributed by atoms with Gasteiger partial charge in [-0.05, 0) is 0 Å². The van der Waals surface area contributed by atoms with Gasteiger partial charge in [0.25, 0.3) is 0 Å². The molecular formula is C15H32O9. The van der Waals surface area contributed by atoms with Gasteiger partial charge in [-0.15, -0.1) is 0 Å². The van der Waals surface area contributed by atoms with Gasteiger partial charge in [0.05, 0.1) is 52.9 Å². The van der Waals surface area contributed by atoms with Crippen LogP contribution in [0.3, 0.4) is 0 Å². The summed E-state index contributed by atoms with van der Waals surface area (Å²) in [5.41, 5.74) is 0. The molecule has 24 heavy (non-hydrogen) atoms. The highest BCUT2D eigenvalue weighted by Crippen LogP contribution is 2.00. The molecule has 9 heteroatoms. The number of ether oxygens (including phenoxy) is 6. The van der Waals surface area contributed by atoms with Crippen LogP contribution >= 0.6 is 0 Å². The summed E-state index contributed by atoms with van der Waals surface area (Å²) in [4.78, 5) is 0. The molecule has 0 aliphatic heterocycles. The van der Waals surface area contributed by atoms with Crippen molar-refractivity contribution in [3.05, 3.63) is 0 Å². The zero-order chi connectivity index (χ0) is 18.2. The number of methoxy groups -OCH3 is 3.